The van der Waals surface area contributed by atoms with Crippen molar-refractivity contribution in [3.8, 4) is 0 Å². The number of carbonyl (C=O) groups excluding carboxylic acids is 4. The zero-order valence-corrected chi connectivity index (χ0v) is 95.9. The second-order valence-corrected chi connectivity index (χ2v) is 43.7. The Bertz CT molecular complexity index is 2390. The summed E-state index contributed by atoms with van der Waals surface area (Å²) in [5.74, 6) is -1.00. The summed E-state index contributed by atoms with van der Waals surface area (Å²) in [7, 11) is 0. The fourth-order valence-electron chi connectivity index (χ4n) is 19.2. The smallest absolute Gasteiger partial charge is 0.333 e. The Morgan fingerprint density at radius 3 is 0.232 bits per heavy atom. The van der Waals surface area contributed by atoms with Crippen LogP contribution in [0.15, 0.2) is 48.6 Å². The van der Waals surface area contributed by atoms with Crippen LogP contribution in [0.25, 0.3) is 0 Å². The maximum atomic E-state index is 11.3. The van der Waals surface area contributed by atoms with E-state index in [2.05, 4.69) is 54.0 Å². The molecule has 0 aliphatic heterocycles. The minimum absolute atomic E-state index is 0.250. The predicted octanol–water partition coefficient (Wildman–Crippen LogP) is 45.9. The van der Waals surface area contributed by atoms with Gasteiger partial charge < -0.3 is 18.9 Å². The van der Waals surface area contributed by atoms with E-state index in [-0.39, 0.29) is 23.9 Å². The lowest BCUT2D eigenvalue weighted by atomic mass is 10.0. The van der Waals surface area contributed by atoms with Gasteiger partial charge in [-0.2, -0.15) is 0 Å². The van der Waals surface area contributed by atoms with Crippen LogP contribution in [0.3, 0.4) is 0 Å². The van der Waals surface area contributed by atoms with Gasteiger partial charge in [-0.3, -0.25) is 0 Å². The number of hydrogen-bond acceptors (Lipinski definition) is 8. The predicted molar refractivity (Wildman–Crippen MR) is 615 cm³/mol. The van der Waals surface area contributed by atoms with E-state index in [1.54, 1.807) is 27.7 Å². The highest BCUT2D eigenvalue weighted by Crippen LogP contribution is 2.24. The molecule has 0 heterocycles. The fourth-order valence-corrected chi connectivity index (χ4v) is 19.2. The van der Waals surface area contributed by atoms with Gasteiger partial charge in [-0.15, -0.1) is 0 Å². The third-order valence-electron chi connectivity index (χ3n) is 28.8. The van der Waals surface area contributed by atoms with Crippen LogP contribution < -0.4 is 0 Å². The van der Waals surface area contributed by atoms with Crippen molar-refractivity contribution in [3.63, 3.8) is 0 Å². The van der Waals surface area contributed by atoms with Crippen LogP contribution in [0.1, 0.15) is 736 Å². The number of unbranched alkanes of at least 4 members (excludes halogenated alkanes) is 102. The minimum atomic E-state index is -0.251. The summed E-state index contributed by atoms with van der Waals surface area (Å²) in [6.45, 7) is 32.6. The van der Waals surface area contributed by atoms with Crippen LogP contribution >= 0.6 is 0 Å². The van der Waals surface area contributed by atoms with Crippen LogP contribution in [-0.2, 0) is 38.1 Å². The van der Waals surface area contributed by atoms with Crippen molar-refractivity contribution >= 4 is 23.9 Å². The molecule has 0 radical (unpaired) electrons. The molecule has 0 fully saturated rings. The molecule has 0 spiro atoms. The molecule has 0 aliphatic rings. The summed E-state index contributed by atoms with van der Waals surface area (Å²) < 4.78 is 20.5. The Morgan fingerprint density at radius 1 is 0.116 bits per heavy atom. The Hall–Kier alpha value is -3.16. The van der Waals surface area contributed by atoms with E-state index in [0.717, 1.165) is 25.7 Å². The average molecular weight is 1940 g/mol. The van der Waals surface area contributed by atoms with Gasteiger partial charge in [0.2, 0.25) is 0 Å². The first-order chi connectivity index (χ1) is 67.7. The second-order valence-electron chi connectivity index (χ2n) is 43.7. The first kappa shape index (κ1) is 141. The normalized spacial score (nSPS) is 11.1. The van der Waals surface area contributed by atoms with Crippen molar-refractivity contribution in [2.75, 3.05) is 26.4 Å². The average Bonchev–Trinajstić information content (AvgIpc) is 1.03. The van der Waals surface area contributed by atoms with Gasteiger partial charge in [-0.05, 0) is 53.4 Å². The van der Waals surface area contributed by atoms with E-state index >= 15 is 0 Å². The number of esters is 4. The molecule has 0 amide bonds. The Morgan fingerprint density at radius 2 is 0.174 bits per heavy atom. The lowest BCUT2D eigenvalue weighted by Crippen LogP contribution is -2.05. The molecular weight excluding hydrogens is 1690 g/mol. The summed E-state index contributed by atoms with van der Waals surface area (Å²) in [6, 6.07) is 0. The van der Waals surface area contributed by atoms with Crippen LogP contribution in [0.4, 0.5) is 0 Å². The highest BCUT2D eigenvalue weighted by Gasteiger charge is 2.09. The molecule has 138 heavy (non-hydrogen) atoms. The molecule has 0 unspecified atom stereocenters. The molecule has 0 aliphatic carbocycles. The molecule has 8 heteroatoms. The molecular formula is C130H252O8. The van der Waals surface area contributed by atoms with Crippen molar-refractivity contribution in [1.29, 1.82) is 0 Å². The minimum Gasteiger partial charge on any atom is -0.462 e. The van der Waals surface area contributed by atoms with E-state index < -0.39 is 0 Å². The fraction of sp³-hybridized carbons (Fsp3) is 0.908. The molecule has 0 atom stereocenters. The number of carbonyl (C=O) groups is 4. The first-order valence-corrected chi connectivity index (χ1v) is 63.0. The van der Waals surface area contributed by atoms with Gasteiger partial charge in [0.25, 0.3) is 0 Å². The highest BCUT2D eigenvalue weighted by atomic mass is 16.5. The summed E-state index contributed by atoms with van der Waals surface area (Å²) >= 11 is 0. The van der Waals surface area contributed by atoms with Gasteiger partial charge in [0.1, 0.15) is 0 Å². The topological polar surface area (TPSA) is 105 Å². The summed E-state index contributed by atoms with van der Waals surface area (Å²) in [5, 5.41) is 0. The number of hydrogen-bond donors (Lipinski definition) is 0. The van der Waals surface area contributed by atoms with Gasteiger partial charge in [-0.1, -0.05) is 709 Å². The Kier molecular flexibility index (Phi) is 133. The van der Waals surface area contributed by atoms with Crippen LogP contribution in [0.5, 0.6) is 0 Å². The van der Waals surface area contributed by atoms with Crippen molar-refractivity contribution in [1.82, 2.24) is 0 Å². The van der Waals surface area contributed by atoms with Crippen molar-refractivity contribution in [3.05, 3.63) is 48.6 Å². The zero-order chi connectivity index (χ0) is 101. The molecule has 0 N–H and O–H groups in total. The van der Waals surface area contributed by atoms with Crippen molar-refractivity contribution < 1.29 is 38.1 Å². The van der Waals surface area contributed by atoms with Gasteiger partial charge >= 0.3 is 23.9 Å². The second kappa shape index (κ2) is 130. The van der Waals surface area contributed by atoms with E-state index in [1.165, 1.54) is 655 Å². The molecule has 820 valence electrons. The maximum absolute atomic E-state index is 11.3. The van der Waals surface area contributed by atoms with Gasteiger partial charge in [-0.25, -0.2) is 19.2 Å². The van der Waals surface area contributed by atoms with Crippen molar-refractivity contribution in [2.24, 2.45) is 0 Å². The molecule has 0 aromatic heterocycles. The summed E-state index contributed by atoms with van der Waals surface area (Å²) in [4.78, 5) is 45.1. The Labute approximate surface area is 867 Å². The van der Waals surface area contributed by atoms with Crippen LogP contribution in [0, 0.1) is 0 Å². The van der Waals surface area contributed by atoms with E-state index in [9.17, 15) is 19.2 Å². The van der Waals surface area contributed by atoms with Gasteiger partial charge in [0, 0.05) is 22.3 Å². The molecule has 0 saturated carbocycles. The molecule has 8 nitrogen and oxygen atoms in total. The molecule has 0 aromatic carbocycles. The van der Waals surface area contributed by atoms with Crippen molar-refractivity contribution in [2.45, 2.75) is 736 Å². The van der Waals surface area contributed by atoms with E-state index in [0.29, 0.717) is 48.7 Å². The molecule has 0 aromatic rings. The summed E-state index contributed by atoms with van der Waals surface area (Å²) in [6.07, 6.45) is 149. The number of rotatable bonds is 114. The molecule has 0 bridgehead atoms. The summed E-state index contributed by atoms with van der Waals surface area (Å²) in [5.41, 5.74) is 1.98. The third-order valence-corrected chi connectivity index (χ3v) is 28.8. The lowest BCUT2D eigenvalue weighted by Gasteiger charge is -2.05. The quantitative estimate of drug-likeness (QED) is 0.0257. The monoisotopic (exact) mass is 1940 g/mol. The molecule has 0 saturated heterocycles. The maximum Gasteiger partial charge on any atom is 0.333 e. The lowest BCUT2D eigenvalue weighted by molar-refractivity contribution is -0.139. The largest absolute Gasteiger partial charge is 0.462 e. The standard InChI is InChI=1S/C34H66O2.C33H64O2.C32H62O2.C31H60O2/c1-4-5-6-7-8-9-10-11-12-13-14-15-16-17-18-19-20-21-22-23-24-25-26-27-28-29-30-31-32-36-34(35)33(2)3;1-4-5-6-7-8-9-10-11-12-13-14-15-16-17-18-19-20-21-22-23-24-25-26-27-28-29-30-31-35-33(34)32(2)3;1-4-5-6-7-8-9-10-11-12-13-14-15-16-17-18-19-20-21-22-23-24-25-26-27-28-29-30-34-32(33)31(2)3;1-4-5-6-7-8-9-10-11-12-13-14-15-16-17-18-19-20-21-22-23-24-25-26-27-28-29-33-31(32)30(2)3/h2,4-32H2,1,3H3;2,4-31H2,1,3H3;2,4-30H2,1,3H3;2,4-29H2,1,3H3. The van der Waals surface area contributed by atoms with E-state index in [4.69, 9.17) is 18.9 Å². The Balaban J connectivity index is -0.000000868. The van der Waals surface area contributed by atoms with Crippen LogP contribution in [-0.4, -0.2) is 50.3 Å². The highest BCUT2D eigenvalue weighted by molar-refractivity contribution is 5.88. The SMILES string of the molecule is C=C(C)C(=O)OCCCCCCCCCCCCCCCCCCCCCCCCCCC.C=C(C)C(=O)OCCCCCCCCCCCCCCCCCCCCCCCCCCCC.C=C(C)C(=O)OCCCCCCCCCCCCCCCCCCCCCCCCCCCCC.C=C(C)C(=O)OCCCCCCCCCCCCCCCCCCCCCCCCCCCCCC. The third kappa shape index (κ3) is 135. The number of ether oxygens (including phenoxy) is 4. The zero-order valence-electron chi connectivity index (χ0n) is 95.9. The van der Waals surface area contributed by atoms with Gasteiger partial charge in [0.05, 0.1) is 26.4 Å². The van der Waals surface area contributed by atoms with Gasteiger partial charge in [0.15, 0.2) is 0 Å². The first-order valence-electron chi connectivity index (χ1n) is 63.0. The van der Waals surface area contributed by atoms with E-state index in [1.807, 2.05) is 0 Å². The van der Waals surface area contributed by atoms with Crippen LogP contribution in [0.2, 0.25) is 0 Å². The molecule has 0 rings (SSSR count).